The largest absolute Gasteiger partial charge is 0.462 e. The molecule has 2 heterocycles. The van der Waals surface area contributed by atoms with Crippen LogP contribution in [0.25, 0.3) is 22.0 Å². The second-order valence-electron chi connectivity index (χ2n) is 8.41. The van der Waals surface area contributed by atoms with Crippen LogP contribution in [-0.2, 0) is 11.3 Å². The number of aryl methyl sites for hydroxylation is 3. The Balaban J connectivity index is 1.81. The zero-order valence-corrected chi connectivity index (χ0v) is 22.8. The summed E-state index contributed by atoms with van der Waals surface area (Å²) in [4.78, 5) is 27.8. The lowest BCUT2D eigenvalue weighted by atomic mass is 10.0. The number of fused-ring (bicyclic) bond motifs is 1. The van der Waals surface area contributed by atoms with E-state index in [9.17, 15) is 9.59 Å². The number of carbonyl (C=O) groups excluding carboxylic acids is 2. The molecule has 2 aromatic heterocycles. The molecule has 0 atom stereocenters. The number of rotatable bonds is 8. The molecule has 7 heteroatoms. The van der Waals surface area contributed by atoms with E-state index in [0.29, 0.717) is 16.3 Å². The minimum Gasteiger partial charge on any atom is -0.462 e. The van der Waals surface area contributed by atoms with Crippen LogP contribution in [0, 0.1) is 13.8 Å². The number of benzene rings is 2. The highest BCUT2D eigenvalue weighted by atomic mass is 79.9. The van der Waals surface area contributed by atoms with Gasteiger partial charge in [-0.3, -0.25) is 4.79 Å². The number of nitrogens with one attached hydrogen (secondary N) is 1. The van der Waals surface area contributed by atoms with Crippen LogP contribution in [0.4, 0.5) is 5.00 Å². The lowest BCUT2D eigenvalue weighted by molar-refractivity contribution is 0.0529. The summed E-state index contributed by atoms with van der Waals surface area (Å²) >= 11 is 4.87. The normalized spacial score (nSPS) is 11.1. The summed E-state index contributed by atoms with van der Waals surface area (Å²) in [7, 11) is 0. The number of aromatic nitrogens is 1. The Bertz CT molecular complexity index is 1390. The number of thiophene rings is 1. The number of amides is 1. The highest BCUT2D eigenvalue weighted by Crippen LogP contribution is 2.41. The van der Waals surface area contributed by atoms with Crippen molar-refractivity contribution in [3.05, 3.63) is 74.7 Å². The Morgan fingerprint density at radius 3 is 2.46 bits per heavy atom. The fourth-order valence-electron chi connectivity index (χ4n) is 4.48. The van der Waals surface area contributed by atoms with Crippen molar-refractivity contribution >= 4 is 55.0 Å². The van der Waals surface area contributed by atoms with Crippen molar-refractivity contribution in [3.8, 4) is 11.1 Å². The first-order chi connectivity index (χ1) is 16.9. The summed E-state index contributed by atoms with van der Waals surface area (Å²) in [6.45, 7) is 8.88. The maximum absolute atomic E-state index is 13.7. The van der Waals surface area contributed by atoms with Gasteiger partial charge in [0, 0.05) is 32.4 Å². The lowest BCUT2D eigenvalue weighted by Gasteiger charge is -2.12. The molecule has 0 fully saturated rings. The SMILES string of the molecule is CCCCn1c(C(=O)Nc2sc(C)c(-c3ccc(Br)cc3)c2C(=O)OCC)c(C)c2ccccc21. The number of nitrogens with zero attached hydrogens (tertiary/aromatic N) is 1. The Hall–Kier alpha value is -2.90. The van der Waals surface area contributed by atoms with Gasteiger partial charge in [0.1, 0.15) is 16.3 Å². The number of esters is 1. The Morgan fingerprint density at radius 1 is 1.06 bits per heavy atom. The Labute approximate surface area is 218 Å². The molecule has 0 aliphatic carbocycles. The number of para-hydroxylation sites is 1. The maximum atomic E-state index is 13.7. The molecule has 0 spiro atoms. The molecule has 4 aromatic rings. The van der Waals surface area contributed by atoms with Crippen molar-refractivity contribution in [2.45, 2.75) is 47.1 Å². The van der Waals surface area contributed by atoms with Gasteiger partial charge in [-0.1, -0.05) is 59.6 Å². The van der Waals surface area contributed by atoms with Gasteiger partial charge in [-0.25, -0.2) is 4.79 Å². The van der Waals surface area contributed by atoms with Crippen molar-refractivity contribution < 1.29 is 14.3 Å². The van der Waals surface area contributed by atoms with E-state index in [1.54, 1.807) is 6.92 Å². The molecule has 0 saturated heterocycles. The quantitative estimate of drug-likeness (QED) is 0.225. The topological polar surface area (TPSA) is 60.3 Å². The van der Waals surface area contributed by atoms with E-state index in [2.05, 4.69) is 44.9 Å². The first kappa shape index (κ1) is 25.2. The molecule has 0 radical (unpaired) electrons. The first-order valence-electron chi connectivity index (χ1n) is 11.8. The summed E-state index contributed by atoms with van der Waals surface area (Å²) in [5.74, 6) is -0.655. The smallest absolute Gasteiger partial charge is 0.341 e. The van der Waals surface area contributed by atoms with Crippen LogP contribution in [0.2, 0.25) is 0 Å². The average Bonchev–Trinajstić information content (AvgIpc) is 3.32. The van der Waals surface area contributed by atoms with E-state index in [1.165, 1.54) is 11.3 Å². The average molecular weight is 554 g/mol. The van der Waals surface area contributed by atoms with Gasteiger partial charge in [-0.2, -0.15) is 0 Å². The predicted octanol–water partition coefficient (Wildman–Crippen LogP) is 7.98. The van der Waals surface area contributed by atoms with Crippen LogP contribution < -0.4 is 5.32 Å². The van der Waals surface area contributed by atoms with Gasteiger partial charge >= 0.3 is 5.97 Å². The first-order valence-corrected chi connectivity index (χ1v) is 13.4. The van der Waals surface area contributed by atoms with Crippen molar-refractivity contribution in [2.75, 3.05) is 11.9 Å². The molecule has 0 bridgehead atoms. The van der Waals surface area contributed by atoms with Gasteiger partial charge in [0.25, 0.3) is 5.91 Å². The van der Waals surface area contributed by atoms with Crippen LogP contribution >= 0.6 is 27.3 Å². The molecule has 1 amide bonds. The highest BCUT2D eigenvalue weighted by molar-refractivity contribution is 9.10. The van der Waals surface area contributed by atoms with Gasteiger partial charge in [0.15, 0.2) is 0 Å². The minimum absolute atomic E-state index is 0.219. The Morgan fingerprint density at radius 2 is 1.77 bits per heavy atom. The van der Waals surface area contributed by atoms with Gasteiger partial charge < -0.3 is 14.6 Å². The third kappa shape index (κ3) is 4.93. The third-order valence-corrected chi connectivity index (χ3v) is 7.65. The molecule has 0 aliphatic rings. The molecular formula is C28H29BrN2O3S. The predicted molar refractivity (Wildman–Crippen MR) is 148 cm³/mol. The van der Waals surface area contributed by atoms with E-state index < -0.39 is 5.97 Å². The standard InChI is InChI=1S/C28H29BrN2O3S/c1-5-7-16-31-22-11-9-8-10-21(22)17(3)25(31)26(32)30-27-24(28(33)34-6-2)23(18(4)35-27)19-12-14-20(29)15-13-19/h8-15H,5-7,16H2,1-4H3,(H,30,32). The van der Waals surface area contributed by atoms with E-state index in [-0.39, 0.29) is 12.5 Å². The summed E-state index contributed by atoms with van der Waals surface area (Å²) in [6.07, 6.45) is 2.00. The fraction of sp³-hybridized carbons (Fsp3) is 0.286. The zero-order chi connectivity index (χ0) is 25.1. The number of anilines is 1. The number of carbonyl (C=O) groups is 2. The number of hydrogen-bond acceptors (Lipinski definition) is 4. The molecular weight excluding hydrogens is 524 g/mol. The highest BCUT2D eigenvalue weighted by Gasteiger charge is 2.27. The number of unbranched alkanes of at least 4 members (excludes halogenated alkanes) is 1. The van der Waals surface area contributed by atoms with Crippen LogP contribution in [0.1, 0.15) is 58.0 Å². The van der Waals surface area contributed by atoms with Crippen molar-refractivity contribution in [3.63, 3.8) is 0 Å². The second-order valence-corrected chi connectivity index (χ2v) is 10.6. The van der Waals surface area contributed by atoms with E-state index in [0.717, 1.165) is 56.3 Å². The van der Waals surface area contributed by atoms with Crippen LogP contribution in [0.3, 0.4) is 0 Å². The van der Waals surface area contributed by atoms with E-state index in [4.69, 9.17) is 4.74 Å². The third-order valence-electron chi connectivity index (χ3n) is 6.10. The fourth-order valence-corrected chi connectivity index (χ4v) is 5.80. The number of hydrogen-bond donors (Lipinski definition) is 1. The number of ether oxygens (including phenoxy) is 1. The van der Waals surface area contributed by atoms with Gasteiger partial charge in [-0.15, -0.1) is 11.3 Å². The van der Waals surface area contributed by atoms with Crippen LogP contribution in [0.5, 0.6) is 0 Å². The minimum atomic E-state index is -0.437. The molecule has 4 rings (SSSR count). The van der Waals surface area contributed by atoms with Gasteiger partial charge in [-0.05, 0) is 56.5 Å². The van der Waals surface area contributed by atoms with Crippen molar-refractivity contribution in [2.24, 2.45) is 0 Å². The lowest BCUT2D eigenvalue weighted by Crippen LogP contribution is -2.19. The zero-order valence-electron chi connectivity index (χ0n) is 20.4. The van der Waals surface area contributed by atoms with Crippen molar-refractivity contribution in [1.29, 1.82) is 0 Å². The molecule has 0 saturated carbocycles. The summed E-state index contributed by atoms with van der Waals surface area (Å²) < 4.78 is 8.46. The van der Waals surface area contributed by atoms with Crippen LogP contribution in [-0.4, -0.2) is 23.1 Å². The second kappa shape index (κ2) is 10.8. The molecule has 35 heavy (non-hydrogen) atoms. The molecule has 0 aliphatic heterocycles. The van der Waals surface area contributed by atoms with Crippen LogP contribution in [0.15, 0.2) is 53.0 Å². The monoisotopic (exact) mass is 552 g/mol. The van der Waals surface area contributed by atoms with Crippen molar-refractivity contribution in [1.82, 2.24) is 4.57 Å². The molecule has 5 nitrogen and oxygen atoms in total. The summed E-state index contributed by atoms with van der Waals surface area (Å²) in [5.41, 5.74) is 4.71. The van der Waals surface area contributed by atoms with Gasteiger partial charge in [0.05, 0.1) is 6.61 Å². The maximum Gasteiger partial charge on any atom is 0.341 e. The summed E-state index contributed by atoms with van der Waals surface area (Å²) in [5, 5.41) is 4.65. The molecule has 0 unspecified atom stereocenters. The molecule has 182 valence electrons. The molecule has 1 N–H and O–H groups in total. The van der Waals surface area contributed by atoms with E-state index >= 15 is 0 Å². The van der Waals surface area contributed by atoms with Gasteiger partial charge in [0.2, 0.25) is 0 Å². The van der Waals surface area contributed by atoms with E-state index in [1.807, 2.05) is 50.2 Å². The number of halogens is 1. The molecule has 2 aromatic carbocycles. The Kier molecular flexibility index (Phi) is 7.77. The summed E-state index contributed by atoms with van der Waals surface area (Å²) in [6, 6.07) is 15.9.